The van der Waals surface area contributed by atoms with E-state index in [0.29, 0.717) is 22.7 Å². The fourth-order valence-corrected chi connectivity index (χ4v) is 2.31. The molecule has 0 aliphatic carbocycles. The van der Waals surface area contributed by atoms with Gasteiger partial charge in [0, 0.05) is 19.3 Å². The molecule has 0 unspecified atom stereocenters. The number of aromatic nitrogens is 2. The van der Waals surface area contributed by atoms with Crippen molar-refractivity contribution in [1.82, 2.24) is 14.9 Å². The summed E-state index contributed by atoms with van der Waals surface area (Å²) in [4.78, 5) is 13.5. The van der Waals surface area contributed by atoms with Crippen molar-refractivity contribution >= 4 is 23.2 Å². The average molecular weight is 265 g/mol. The van der Waals surface area contributed by atoms with E-state index in [1.807, 2.05) is 7.05 Å². The van der Waals surface area contributed by atoms with Gasteiger partial charge in [0.05, 0.1) is 0 Å². The molecular weight excluding hydrogens is 246 g/mol. The van der Waals surface area contributed by atoms with E-state index in [-0.39, 0.29) is 0 Å². The molecule has 0 spiro atoms. The molecule has 2 heterocycles. The second-order valence-electron chi connectivity index (χ2n) is 4.75. The van der Waals surface area contributed by atoms with Gasteiger partial charge in [-0.2, -0.15) is 0 Å². The van der Waals surface area contributed by atoms with Gasteiger partial charge in [-0.3, -0.25) is 0 Å². The van der Waals surface area contributed by atoms with Gasteiger partial charge < -0.3 is 15.5 Å². The molecule has 0 saturated carbocycles. The van der Waals surface area contributed by atoms with Crippen LogP contribution >= 0.6 is 12.2 Å². The number of anilines is 1. The van der Waals surface area contributed by atoms with Crippen molar-refractivity contribution in [1.29, 1.82) is 0 Å². The average Bonchev–Trinajstić information content (AvgIpc) is 2.39. The van der Waals surface area contributed by atoms with Gasteiger partial charge >= 0.3 is 0 Å². The second-order valence-corrected chi connectivity index (χ2v) is 5.19. The predicted octanol–water partition coefficient (Wildman–Crippen LogP) is 0.641. The Morgan fingerprint density at radius 3 is 2.78 bits per heavy atom. The van der Waals surface area contributed by atoms with Gasteiger partial charge in [-0.25, -0.2) is 9.97 Å². The number of likely N-dealkylation sites (tertiary alicyclic amines) is 1. The monoisotopic (exact) mass is 265 g/mol. The molecule has 2 N–H and O–H groups in total. The Balaban J connectivity index is 2.10. The third-order valence-corrected chi connectivity index (χ3v) is 3.66. The zero-order valence-corrected chi connectivity index (χ0v) is 11.7. The number of rotatable bonds is 3. The smallest absolute Gasteiger partial charge is 0.225 e. The van der Waals surface area contributed by atoms with Gasteiger partial charge in [-0.1, -0.05) is 12.2 Å². The first-order valence-electron chi connectivity index (χ1n) is 6.12. The molecule has 18 heavy (non-hydrogen) atoms. The first kappa shape index (κ1) is 13.2. The van der Waals surface area contributed by atoms with E-state index in [4.69, 9.17) is 18.0 Å². The molecule has 1 aliphatic heterocycles. The second kappa shape index (κ2) is 5.58. The Labute approximate surface area is 113 Å². The maximum Gasteiger partial charge on any atom is 0.225 e. The van der Waals surface area contributed by atoms with Gasteiger partial charge in [-0.05, 0) is 39.0 Å². The van der Waals surface area contributed by atoms with Gasteiger partial charge in [-0.15, -0.1) is 0 Å². The predicted molar refractivity (Wildman–Crippen MR) is 76.8 cm³/mol. The lowest BCUT2D eigenvalue weighted by Gasteiger charge is -2.35. The van der Waals surface area contributed by atoms with E-state index in [0.717, 1.165) is 25.9 Å². The van der Waals surface area contributed by atoms with Crippen LogP contribution in [-0.2, 0) is 0 Å². The Bertz CT molecular complexity index is 428. The summed E-state index contributed by atoms with van der Waals surface area (Å²) in [6, 6.07) is 2.23. The lowest BCUT2D eigenvalue weighted by Crippen LogP contribution is -2.42. The van der Waals surface area contributed by atoms with E-state index in [1.54, 1.807) is 12.3 Å². The Morgan fingerprint density at radius 2 is 2.17 bits per heavy atom. The third kappa shape index (κ3) is 2.94. The van der Waals surface area contributed by atoms with Crippen LogP contribution in [0.25, 0.3) is 0 Å². The van der Waals surface area contributed by atoms with Crippen LogP contribution in [0.3, 0.4) is 0 Å². The normalized spacial score (nSPS) is 17.7. The molecule has 0 bridgehead atoms. The molecule has 98 valence electrons. The van der Waals surface area contributed by atoms with Crippen molar-refractivity contribution in [2.24, 2.45) is 5.73 Å². The summed E-state index contributed by atoms with van der Waals surface area (Å²) < 4.78 is 0. The lowest BCUT2D eigenvalue weighted by atomic mass is 10.0. The number of hydrogen-bond acceptors (Lipinski definition) is 5. The molecule has 2 rings (SSSR count). The summed E-state index contributed by atoms with van der Waals surface area (Å²) in [5.41, 5.74) is 6.23. The summed E-state index contributed by atoms with van der Waals surface area (Å²) in [6.07, 6.45) is 3.98. The molecule has 1 aromatic heterocycles. The summed E-state index contributed by atoms with van der Waals surface area (Å²) in [5.74, 6) is 0.704. The van der Waals surface area contributed by atoms with Crippen molar-refractivity contribution in [2.75, 3.05) is 32.1 Å². The molecule has 0 amide bonds. The van der Waals surface area contributed by atoms with Gasteiger partial charge in [0.2, 0.25) is 5.95 Å². The first-order valence-corrected chi connectivity index (χ1v) is 6.53. The highest BCUT2D eigenvalue weighted by atomic mass is 32.1. The van der Waals surface area contributed by atoms with Crippen LogP contribution in [0.1, 0.15) is 18.5 Å². The van der Waals surface area contributed by atoms with Crippen LogP contribution in [0.15, 0.2) is 12.3 Å². The van der Waals surface area contributed by atoms with Crippen LogP contribution in [0.4, 0.5) is 5.95 Å². The van der Waals surface area contributed by atoms with Crippen molar-refractivity contribution in [2.45, 2.75) is 18.9 Å². The van der Waals surface area contributed by atoms with Gasteiger partial charge in [0.1, 0.15) is 10.7 Å². The van der Waals surface area contributed by atoms with E-state index in [2.05, 4.69) is 26.8 Å². The summed E-state index contributed by atoms with van der Waals surface area (Å²) in [6.45, 7) is 2.23. The largest absolute Gasteiger partial charge is 0.388 e. The number of piperidine rings is 1. The Morgan fingerprint density at radius 1 is 1.50 bits per heavy atom. The number of thiocarbonyl (C=S) groups is 1. The maximum atomic E-state index is 5.60. The third-order valence-electron chi connectivity index (χ3n) is 3.45. The van der Waals surface area contributed by atoms with E-state index in [9.17, 15) is 0 Å². The molecule has 5 nitrogen and oxygen atoms in total. The molecule has 0 atom stereocenters. The SMILES string of the molecule is CN1CCC(N(C)c2nccc(C(N)=S)n2)CC1. The molecular formula is C12H19N5S. The quantitative estimate of drug-likeness (QED) is 0.810. The zero-order chi connectivity index (χ0) is 13.1. The van der Waals surface area contributed by atoms with Crippen molar-refractivity contribution < 1.29 is 0 Å². The van der Waals surface area contributed by atoms with Crippen LogP contribution in [0, 0.1) is 0 Å². The first-order chi connectivity index (χ1) is 8.58. The van der Waals surface area contributed by atoms with Crippen LogP contribution in [0.2, 0.25) is 0 Å². The molecule has 0 aromatic carbocycles. The minimum atomic E-state index is 0.315. The van der Waals surface area contributed by atoms with E-state index < -0.39 is 0 Å². The summed E-state index contributed by atoms with van der Waals surface area (Å²) >= 11 is 4.94. The molecule has 6 heteroatoms. The van der Waals surface area contributed by atoms with Gasteiger partial charge in [0.25, 0.3) is 0 Å². The van der Waals surface area contributed by atoms with E-state index in [1.165, 1.54) is 0 Å². The topological polar surface area (TPSA) is 58.3 Å². The van der Waals surface area contributed by atoms with Crippen LogP contribution < -0.4 is 10.6 Å². The molecule has 1 aliphatic rings. The Hall–Kier alpha value is -1.27. The van der Waals surface area contributed by atoms with Crippen molar-refractivity contribution in [3.63, 3.8) is 0 Å². The zero-order valence-electron chi connectivity index (χ0n) is 10.8. The highest BCUT2D eigenvalue weighted by Gasteiger charge is 2.22. The fourth-order valence-electron chi connectivity index (χ4n) is 2.20. The number of hydrogen-bond donors (Lipinski definition) is 1. The minimum Gasteiger partial charge on any atom is -0.388 e. The Kier molecular flexibility index (Phi) is 4.08. The number of nitrogens with two attached hydrogens (primary N) is 1. The van der Waals surface area contributed by atoms with Crippen LogP contribution in [0.5, 0.6) is 0 Å². The number of nitrogens with zero attached hydrogens (tertiary/aromatic N) is 4. The van der Waals surface area contributed by atoms with E-state index >= 15 is 0 Å². The highest BCUT2D eigenvalue weighted by Crippen LogP contribution is 2.18. The van der Waals surface area contributed by atoms with Gasteiger partial charge in [0.15, 0.2) is 0 Å². The molecule has 0 radical (unpaired) electrons. The highest BCUT2D eigenvalue weighted by molar-refractivity contribution is 7.80. The standard InChI is InChI=1S/C12H19N5S/c1-16-7-4-9(5-8-16)17(2)12-14-6-3-10(15-12)11(13)18/h3,6,9H,4-5,7-8H2,1-2H3,(H2,13,18). The van der Waals surface area contributed by atoms with Crippen molar-refractivity contribution in [3.8, 4) is 0 Å². The molecule has 1 fully saturated rings. The lowest BCUT2D eigenvalue weighted by molar-refractivity contribution is 0.252. The molecule has 1 aromatic rings. The van der Waals surface area contributed by atoms with Crippen LogP contribution in [-0.4, -0.2) is 53.1 Å². The fraction of sp³-hybridized carbons (Fsp3) is 0.583. The van der Waals surface area contributed by atoms with Crippen molar-refractivity contribution in [3.05, 3.63) is 18.0 Å². The summed E-state index contributed by atoms with van der Waals surface area (Å²) in [7, 11) is 4.19. The maximum absolute atomic E-state index is 5.60. The summed E-state index contributed by atoms with van der Waals surface area (Å²) in [5, 5.41) is 0. The minimum absolute atomic E-state index is 0.315. The molecule has 1 saturated heterocycles.